The smallest absolute Gasteiger partial charge is 0.268 e. The van der Waals surface area contributed by atoms with E-state index in [4.69, 9.17) is 9.05 Å². The molecule has 81 heavy (non-hydrogen) atoms. The predicted molar refractivity (Wildman–Crippen MR) is 353 cm³/mol. The molecule has 472 valence electrons. The largest absolute Gasteiger partial charge is 0.756 e. The lowest BCUT2D eigenvalue weighted by Gasteiger charge is -2.29. The van der Waals surface area contributed by atoms with Crippen molar-refractivity contribution in [2.45, 2.75) is 328 Å². The number of phosphoric ester groups is 1. The van der Waals surface area contributed by atoms with Gasteiger partial charge >= 0.3 is 0 Å². The molecule has 8 nitrogen and oxygen atoms in total. The van der Waals surface area contributed by atoms with E-state index in [1.54, 1.807) is 6.08 Å². The number of rotatable bonds is 63. The van der Waals surface area contributed by atoms with Crippen LogP contribution in [0, 0.1) is 0 Å². The third kappa shape index (κ3) is 65.1. The molecule has 9 heteroatoms. The maximum Gasteiger partial charge on any atom is 0.268 e. The fraction of sp³-hybridized carbons (Fsp3) is 0.792. The third-order valence-corrected chi connectivity index (χ3v) is 16.3. The molecule has 1 amide bonds. The van der Waals surface area contributed by atoms with Gasteiger partial charge in [-0.2, -0.15) is 0 Å². The van der Waals surface area contributed by atoms with Crippen LogP contribution in [-0.4, -0.2) is 68.5 Å². The van der Waals surface area contributed by atoms with Gasteiger partial charge in [-0.1, -0.05) is 324 Å². The zero-order valence-corrected chi connectivity index (χ0v) is 54.9. The van der Waals surface area contributed by atoms with Crippen molar-refractivity contribution in [3.05, 3.63) is 85.1 Å². The lowest BCUT2D eigenvalue weighted by molar-refractivity contribution is -0.870. The number of likely N-dealkylation sites (N-methyl/N-ethyl adjacent to an activating group) is 1. The Balaban J connectivity index is 4.07. The summed E-state index contributed by atoms with van der Waals surface area (Å²) in [5, 5.41) is 14.0. The number of quaternary nitrogens is 1. The molecule has 0 heterocycles. The second kappa shape index (κ2) is 62.2. The van der Waals surface area contributed by atoms with Gasteiger partial charge in [0, 0.05) is 6.42 Å². The molecule has 0 aliphatic heterocycles. The molecule has 0 aliphatic carbocycles. The zero-order valence-electron chi connectivity index (χ0n) is 54.0. The highest BCUT2D eigenvalue weighted by Gasteiger charge is 2.23. The molecule has 0 saturated heterocycles. The number of hydrogen-bond acceptors (Lipinski definition) is 6. The molecule has 0 aromatic heterocycles. The van der Waals surface area contributed by atoms with Crippen molar-refractivity contribution in [1.29, 1.82) is 0 Å². The van der Waals surface area contributed by atoms with Crippen molar-refractivity contribution in [2.24, 2.45) is 0 Å². The average Bonchev–Trinajstić information content (AvgIpc) is 3.43. The van der Waals surface area contributed by atoms with Gasteiger partial charge in [0.05, 0.1) is 39.9 Å². The quantitative estimate of drug-likeness (QED) is 0.0272. The van der Waals surface area contributed by atoms with E-state index in [2.05, 4.69) is 92.1 Å². The van der Waals surface area contributed by atoms with Gasteiger partial charge < -0.3 is 28.8 Å². The first-order chi connectivity index (χ1) is 39.5. The Kier molecular flexibility index (Phi) is 60.4. The van der Waals surface area contributed by atoms with Crippen LogP contribution in [0.2, 0.25) is 0 Å². The highest BCUT2D eigenvalue weighted by Crippen LogP contribution is 2.38. The number of aliphatic hydroxyl groups is 1. The molecule has 2 N–H and O–H groups in total. The van der Waals surface area contributed by atoms with E-state index in [9.17, 15) is 19.4 Å². The Morgan fingerprint density at radius 1 is 0.444 bits per heavy atom. The Hall–Kier alpha value is -2.32. The number of amides is 1. The third-order valence-electron chi connectivity index (χ3n) is 15.4. The Bertz CT molecular complexity index is 1600. The van der Waals surface area contributed by atoms with Crippen molar-refractivity contribution in [1.82, 2.24) is 5.32 Å². The number of nitrogens with zero attached hydrogens (tertiary/aromatic N) is 1. The van der Waals surface area contributed by atoms with Crippen molar-refractivity contribution >= 4 is 13.7 Å². The lowest BCUT2D eigenvalue weighted by atomic mass is 10.0. The second-order valence-corrected chi connectivity index (χ2v) is 25.9. The van der Waals surface area contributed by atoms with Crippen LogP contribution in [0.3, 0.4) is 0 Å². The summed E-state index contributed by atoms with van der Waals surface area (Å²) in [6.07, 6.45) is 88.3. The number of nitrogens with one attached hydrogen (secondary N) is 1. The van der Waals surface area contributed by atoms with Gasteiger partial charge in [-0.25, -0.2) is 0 Å². The molecule has 0 aromatic rings. The van der Waals surface area contributed by atoms with Crippen LogP contribution in [-0.2, 0) is 18.4 Å². The van der Waals surface area contributed by atoms with E-state index in [-0.39, 0.29) is 19.1 Å². The zero-order chi connectivity index (χ0) is 59.1. The van der Waals surface area contributed by atoms with Crippen LogP contribution in [0.1, 0.15) is 316 Å². The molecule has 0 radical (unpaired) electrons. The van der Waals surface area contributed by atoms with Gasteiger partial charge in [0.15, 0.2) is 0 Å². The molecular weight excluding hydrogens is 1020 g/mol. The van der Waals surface area contributed by atoms with E-state index in [0.29, 0.717) is 17.4 Å². The van der Waals surface area contributed by atoms with Crippen molar-refractivity contribution < 1.29 is 32.9 Å². The summed E-state index contributed by atoms with van der Waals surface area (Å²) in [4.78, 5) is 25.6. The van der Waals surface area contributed by atoms with Gasteiger partial charge in [-0.15, -0.1) is 0 Å². The molecule has 0 fully saturated rings. The summed E-state index contributed by atoms with van der Waals surface area (Å²) in [5.41, 5.74) is 0. The summed E-state index contributed by atoms with van der Waals surface area (Å²) in [5.74, 6) is -0.195. The van der Waals surface area contributed by atoms with Crippen molar-refractivity contribution in [3.8, 4) is 0 Å². The first-order valence-electron chi connectivity index (χ1n) is 34.4. The fourth-order valence-electron chi connectivity index (χ4n) is 10.0. The highest BCUT2D eigenvalue weighted by atomic mass is 31.2. The maximum atomic E-state index is 13.0. The van der Waals surface area contributed by atoms with E-state index in [1.165, 1.54) is 218 Å². The number of carbonyl (C=O) groups is 1. The van der Waals surface area contributed by atoms with Crippen LogP contribution >= 0.6 is 7.82 Å². The first-order valence-corrected chi connectivity index (χ1v) is 35.9. The van der Waals surface area contributed by atoms with E-state index >= 15 is 0 Å². The normalized spacial score (nSPS) is 14.2. The molecule has 0 saturated carbocycles. The minimum atomic E-state index is -4.61. The summed E-state index contributed by atoms with van der Waals surface area (Å²) in [7, 11) is 1.27. The van der Waals surface area contributed by atoms with Crippen LogP contribution in [0.5, 0.6) is 0 Å². The van der Waals surface area contributed by atoms with Gasteiger partial charge in [0.25, 0.3) is 7.82 Å². The lowest BCUT2D eigenvalue weighted by Crippen LogP contribution is -2.45. The highest BCUT2D eigenvalue weighted by molar-refractivity contribution is 7.45. The molecule has 3 atom stereocenters. The Labute approximate surface area is 503 Å². The molecule has 0 aliphatic rings. The number of unbranched alkanes of at least 4 members (excludes halogenated alkanes) is 38. The SMILES string of the molecule is CC/C=C\C/C=C\C/C=C\C/C=C\C/C=C\C/C=C\CCCCCCCCCCCCCCCCCCC(=O)NC(COP(=O)([O-])OCC[N+](C)(C)C)C(O)/C=C/CCCCCCCCCCCCCCCCCCCCCCCC. The van der Waals surface area contributed by atoms with E-state index < -0.39 is 20.0 Å². The number of allylic oxidation sites excluding steroid dienone is 13. The monoisotopic (exact) mass is 1150 g/mol. The minimum Gasteiger partial charge on any atom is -0.756 e. The second-order valence-electron chi connectivity index (χ2n) is 24.5. The van der Waals surface area contributed by atoms with Crippen LogP contribution < -0.4 is 10.2 Å². The van der Waals surface area contributed by atoms with Crippen LogP contribution in [0.25, 0.3) is 0 Å². The standard InChI is InChI=1S/C72H133N2O6P/c1-6-8-10-12-14-16-18-20-22-24-26-28-30-32-33-34-35-36-37-38-39-40-41-42-44-46-48-50-52-54-56-58-60-62-64-66-72(76)73-70(69-80-81(77,78)79-68-67-74(3,4)5)71(75)65-63-61-59-57-55-53-51-49-47-45-43-31-29-27-25-23-21-19-17-15-13-11-9-7-2/h8,10,14,16,20,22,26,28,32-33,35-36,63,65,70-71,75H,6-7,9,11-13,15,17-19,21,23-25,27,29-31,34,37-62,64,66-69H2,1-5H3,(H-,73,76,77,78)/b10-8-,16-14-,22-20-,28-26-,33-32-,36-35-,65-63+. The van der Waals surface area contributed by atoms with Gasteiger partial charge in [-0.3, -0.25) is 9.36 Å². The van der Waals surface area contributed by atoms with E-state index in [1.807, 2.05) is 27.2 Å². The topological polar surface area (TPSA) is 108 Å². The molecule has 3 unspecified atom stereocenters. The minimum absolute atomic E-state index is 0.00221. The fourth-order valence-corrected chi connectivity index (χ4v) is 10.8. The number of phosphoric acid groups is 1. The van der Waals surface area contributed by atoms with Gasteiger partial charge in [0.1, 0.15) is 13.2 Å². The van der Waals surface area contributed by atoms with E-state index in [0.717, 1.165) is 77.0 Å². The van der Waals surface area contributed by atoms with Gasteiger partial charge in [-0.05, 0) is 70.6 Å². The summed E-state index contributed by atoms with van der Waals surface area (Å²) in [6.45, 7) is 4.57. The Morgan fingerprint density at radius 3 is 1.10 bits per heavy atom. The first kappa shape index (κ1) is 78.7. The maximum absolute atomic E-state index is 13.0. The summed E-state index contributed by atoms with van der Waals surface area (Å²) in [6, 6.07) is -0.891. The summed E-state index contributed by atoms with van der Waals surface area (Å²) >= 11 is 0. The summed E-state index contributed by atoms with van der Waals surface area (Å²) < 4.78 is 23.5. The molecule has 0 bridgehead atoms. The average molecular weight is 1150 g/mol. The molecular formula is C72H133N2O6P. The van der Waals surface area contributed by atoms with Crippen molar-refractivity contribution in [3.63, 3.8) is 0 Å². The number of aliphatic hydroxyl groups excluding tert-OH is 1. The Morgan fingerprint density at radius 2 is 0.753 bits per heavy atom. The number of hydrogen-bond donors (Lipinski definition) is 2. The molecule has 0 spiro atoms. The van der Waals surface area contributed by atoms with Crippen molar-refractivity contribution in [2.75, 3.05) is 40.9 Å². The van der Waals surface area contributed by atoms with Crippen LogP contribution in [0.15, 0.2) is 85.1 Å². The molecule has 0 rings (SSSR count). The molecule has 0 aromatic carbocycles. The van der Waals surface area contributed by atoms with Gasteiger partial charge in [0.2, 0.25) is 5.91 Å². The number of carbonyl (C=O) groups excluding carboxylic acids is 1. The van der Waals surface area contributed by atoms with Crippen LogP contribution in [0.4, 0.5) is 0 Å². The predicted octanol–water partition coefficient (Wildman–Crippen LogP) is 21.3.